The van der Waals surface area contributed by atoms with E-state index in [1.54, 1.807) is 0 Å². The molecule has 3 aliphatic carbocycles. The summed E-state index contributed by atoms with van der Waals surface area (Å²) in [6.07, 6.45) is 13.9. The zero-order valence-corrected chi connectivity index (χ0v) is 14.6. The second kappa shape index (κ2) is 8.31. The van der Waals surface area contributed by atoms with Crippen LogP contribution >= 0.6 is 0 Å². The molecule has 6 unspecified atom stereocenters. The third kappa shape index (κ3) is 4.49. The first-order chi connectivity index (χ1) is 11.1. The molecule has 3 fully saturated rings. The molecule has 3 N–H and O–H groups in total. The van der Waals surface area contributed by atoms with Crippen molar-refractivity contribution in [1.82, 2.24) is 0 Å². The average molecular weight is 325 g/mol. The topological polar surface area (TPSA) is 60.7 Å². The highest BCUT2D eigenvalue weighted by Crippen LogP contribution is 2.41. The van der Waals surface area contributed by atoms with E-state index in [-0.39, 0.29) is 18.3 Å². The molecular weight excluding hydrogens is 288 g/mol. The molecule has 6 atom stereocenters. The molecular formula is C20H36O3. The van der Waals surface area contributed by atoms with Gasteiger partial charge in [0.1, 0.15) is 0 Å². The Labute approximate surface area is 141 Å². The highest BCUT2D eigenvalue weighted by Gasteiger charge is 2.37. The number of aliphatic hydroxyl groups excluding tert-OH is 3. The van der Waals surface area contributed by atoms with Crippen molar-refractivity contribution in [2.75, 3.05) is 0 Å². The Hall–Kier alpha value is -0.120. The smallest absolute Gasteiger partial charge is 0.0596 e. The average Bonchev–Trinajstić information content (AvgIpc) is 2.55. The van der Waals surface area contributed by atoms with E-state index in [1.165, 1.54) is 19.3 Å². The quantitative estimate of drug-likeness (QED) is 0.740. The maximum absolute atomic E-state index is 10.9. The van der Waals surface area contributed by atoms with Crippen LogP contribution in [0.25, 0.3) is 0 Å². The SMILES string of the molecule is OC1CCCCC1CC1CCCC(CC2CCCCC2O)C1O. The summed E-state index contributed by atoms with van der Waals surface area (Å²) in [7, 11) is 0. The van der Waals surface area contributed by atoms with Crippen LogP contribution in [0.3, 0.4) is 0 Å². The third-order valence-electron chi connectivity index (χ3n) is 7.06. The van der Waals surface area contributed by atoms with Crippen molar-refractivity contribution >= 4 is 0 Å². The van der Waals surface area contributed by atoms with Crippen molar-refractivity contribution in [3.63, 3.8) is 0 Å². The minimum Gasteiger partial charge on any atom is -0.393 e. The predicted molar refractivity (Wildman–Crippen MR) is 92.0 cm³/mol. The van der Waals surface area contributed by atoms with Crippen LogP contribution in [0, 0.1) is 23.7 Å². The summed E-state index contributed by atoms with van der Waals surface area (Å²) >= 11 is 0. The monoisotopic (exact) mass is 324 g/mol. The van der Waals surface area contributed by atoms with Crippen molar-refractivity contribution in [2.45, 2.75) is 102 Å². The van der Waals surface area contributed by atoms with Crippen LogP contribution in [-0.4, -0.2) is 33.6 Å². The van der Waals surface area contributed by atoms with Crippen molar-refractivity contribution < 1.29 is 15.3 Å². The van der Waals surface area contributed by atoms with Gasteiger partial charge in [-0.1, -0.05) is 32.1 Å². The van der Waals surface area contributed by atoms with Gasteiger partial charge in [0.25, 0.3) is 0 Å². The van der Waals surface area contributed by atoms with Crippen LogP contribution in [0.1, 0.15) is 83.5 Å². The van der Waals surface area contributed by atoms with E-state index < -0.39 is 0 Å². The van der Waals surface area contributed by atoms with Crippen LogP contribution in [-0.2, 0) is 0 Å². The fourth-order valence-electron chi connectivity index (χ4n) is 5.59. The molecule has 3 heteroatoms. The van der Waals surface area contributed by atoms with Crippen LogP contribution < -0.4 is 0 Å². The normalized spacial score (nSPS) is 45.8. The Morgan fingerprint density at radius 1 is 0.478 bits per heavy atom. The van der Waals surface area contributed by atoms with Gasteiger partial charge in [-0.05, 0) is 75.0 Å². The standard InChI is InChI=1S/C20H36O3/c21-18-10-3-1-6-14(18)12-16-8-5-9-17(20(16)23)13-15-7-2-4-11-19(15)22/h14-23H,1-13H2. The van der Waals surface area contributed by atoms with Crippen LogP contribution in [0.2, 0.25) is 0 Å². The van der Waals surface area contributed by atoms with Gasteiger partial charge in [-0.25, -0.2) is 0 Å². The number of hydrogen-bond acceptors (Lipinski definition) is 3. The largest absolute Gasteiger partial charge is 0.393 e. The summed E-state index contributed by atoms with van der Waals surface area (Å²) in [4.78, 5) is 0. The summed E-state index contributed by atoms with van der Waals surface area (Å²) in [6.45, 7) is 0. The van der Waals surface area contributed by atoms with Gasteiger partial charge in [-0.2, -0.15) is 0 Å². The minimum absolute atomic E-state index is 0.142. The molecule has 3 saturated carbocycles. The minimum atomic E-state index is -0.216. The summed E-state index contributed by atoms with van der Waals surface area (Å²) in [6, 6.07) is 0. The molecule has 0 heterocycles. The van der Waals surface area contributed by atoms with E-state index in [4.69, 9.17) is 0 Å². The molecule has 3 aliphatic rings. The first-order valence-electron chi connectivity index (χ1n) is 10.2. The zero-order valence-electron chi connectivity index (χ0n) is 14.6. The molecule has 0 aromatic rings. The zero-order chi connectivity index (χ0) is 16.2. The second-order valence-electron chi connectivity index (χ2n) is 8.64. The van der Waals surface area contributed by atoms with E-state index in [2.05, 4.69) is 0 Å². The molecule has 3 rings (SSSR count). The predicted octanol–water partition coefficient (Wildman–Crippen LogP) is 3.65. The number of aliphatic hydroxyl groups is 3. The molecule has 0 radical (unpaired) electrons. The van der Waals surface area contributed by atoms with E-state index in [0.717, 1.165) is 64.2 Å². The Morgan fingerprint density at radius 3 is 1.30 bits per heavy atom. The van der Waals surface area contributed by atoms with E-state index in [0.29, 0.717) is 23.7 Å². The molecule has 0 aromatic carbocycles. The molecule has 0 aromatic heterocycles. The van der Waals surface area contributed by atoms with Crippen molar-refractivity contribution in [1.29, 1.82) is 0 Å². The highest BCUT2D eigenvalue weighted by atomic mass is 16.3. The Kier molecular flexibility index (Phi) is 6.39. The Bertz CT molecular complexity index is 327. The van der Waals surface area contributed by atoms with Gasteiger partial charge in [0.2, 0.25) is 0 Å². The molecule has 0 spiro atoms. The van der Waals surface area contributed by atoms with Gasteiger partial charge < -0.3 is 15.3 Å². The van der Waals surface area contributed by atoms with Gasteiger partial charge in [0.15, 0.2) is 0 Å². The van der Waals surface area contributed by atoms with Gasteiger partial charge in [-0.3, -0.25) is 0 Å². The molecule has 0 aliphatic heterocycles. The first kappa shape index (κ1) is 17.7. The van der Waals surface area contributed by atoms with Gasteiger partial charge >= 0.3 is 0 Å². The van der Waals surface area contributed by atoms with Crippen LogP contribution in [0.15, 0.2) is 0 Å². The summed E-state index contributed by atoms with van der Waals surface area (Å²) in [5, 5.41) is 31.4. The third-order valence-corrected chi connectivity index (χ3v) is 7.06. The van der Waals surface area contributed by atoms with Gasteiger partial charge in [-0.15, -0.1) is 0 Å². The Balaban J connectivity index is 1.53. The fraction of sp³-hybridized carbons (Fsp3) is 1.00. The lowest BCUT2D eigenvalue weighted by Crippen LogP contribution is -2.39. The molecule has 3 nitrogen and oxygen atoms in total. The van der Waals surface area contributed by atoms with E-state index in [1.807, 2.05) is 0 Å². The lowest BCUT2D eigenvalue weighted by Gasteiger charge is -2.40. The van der Waals surface area contributed by atoms with Crippen LogP contribution in [0.5, 0.6) is 0 Å². The van der Waals surface area contributed by atoms with E-state index in [9.17, 15) is 15.3 Å². The molecule has 134 valence electrons. The molecule has 23 heavy (non-hydrogen) atoms. The first-order valence-corrected chi connectivity index (χ1v) is 10.2. The summed E-state index contributed by atoms with van der Waals surface area (Å²) in [5.41, 5.74) is 0. The molecule has 0 bridgehead atoms. The number of rotatable bonds is 4. The summed E-state index contributed by atoms with van der Waals surface area (Å²) in [5.74, 6) is 1.55. The summed E-state index contributed by atoms with van der Waals surface area (Å²) < 4.78 is 0. The lowest BCUT2D eigenvalue weighted by molar-refractivity contribution is -0.0337. The molecule has 0 amide bonds. The number of hydrogen-bond donors (Lipinski definition) is 3. The Morgan fingerprint density at radius 2 is 0.870 bits per heavy atom. The van der Waals surface area contributed by atoms with Crippen molar-refractivity contribution in [3.05, 3.63) is 0 Å². The van der Waals surface area contributed by atoms with Crippen LogP contribution in [0.4, 0.5) is 0 Å². The van der Waals surface area contributed by atoms with E-state index >= 15 is 0 Å². The second-order valence-corrected chi connectivity index (χ2v) is 8.64. The van der Waals surface area contributed by atoms with Gasteiger partial charge in [0.05, 0.1) is 18.3 Å². The lowest BCUT2D eigenvalue weighted by atomic mass is 9.68. The fourth-order valence-corrected chi connectivity index (χ4v) is 5.59. The maximum atomic E-state index is 10.9. The highest BCUT2D eigenvalue weighted by molar-refractivity contribution is 4.88. The van der Waals surface area contributed by atoms with Gasteiger partial charge in [0, 0.05) is 0 Å². The maximum Gasteiger partial charge on any atom is 0.0596 e. The van der Waals surface area contributed by atoms with Crippen molar-refractivity contribution in [3.8, 4) is 0 Å². The van der Waals surface area contributed by atoms with Crippen molar-refractivity contribution in [2.24, 2.45) is 23.7 Å². The molecule has 0 saturated heterocycles.